The second-order valence-electron chi connectivity index (χ2n) is 9.87. The zero-order valence-corrected chi connectivity index (χ0v) is 23.0. The summed E-state index contributed by atoms with van der Waals surface area (Å²) in [6.07, 6.45) is -0.151. The summed E-state index contributed by atoms with van der Waals surface area (Å²) in [5.41, 5.74) is 6.07. The number of H-pyrrole nitrogens is 1. The molecule has 206 valence electrons. The molecule has 10 heteroatoms. The van der Waals surface area contributed by atoms with Gasteiger partial charge in [-0.05, 0) is 49.7 Å². The van der Waals surface area contributed by atoms with E-state index >= 15 is 0 Å². The Kier molecular flexibility index (Phi) is 6.37. The molecule has 0 saturated carbocycles. The van der Waals surface area contributed by atoms with E-state index in [-0.39, 0.29) is 18.9 Å². The number of nitrogens with zero attached hydrogens (tertiary/aromatic N) is 3. The molecular weight excluding hydrogens is 522 g/mol. The second kappa shape index (κ2) is 10.1. The van der Waals surface area contributed by atoms with Crippen LogP contribution in [0.2, 0.25) is 0 Å². The SMILES string of the molecule is COc1cc2c(cc1-c1c(C)noc1C)[nH]c1nc(C)nc(-c3ccc(C(=O)NCCC(=O)O)c4ccccc34)c12. The van der Waals surface area contributed by atoms with Gasteiger partial charge in [-0.2, -0.15) is 0 Å². The van der Waals surface area contributed by atoms with E-state index in [1.165, 1.54) is 0 Å². The lowest BCUT2D eigenvalue weighted by Crippen LogP contribution is -2.26. The molecule has 0 spiro atoms. The fourth-order valence-electron chi connectivity index (χ4n) is 5.44. The van der Waals surface area contributed by atoms with E-state index in [0.717, 1.165) is 55.1 Å². The fraction of sp³-hybridized carbons (Fsp3) is 0.194. The van der Waals surface area contributed by atoms with Gasteiger partial charge in [0.05, 0.1) is 35.9 Å². The van der Waals surface area contributed by atoms with Crippen molar-refractivity contribution in [3.63, 3.8) is 0 Å². The highest BCUT2D eigenvalue weighted by Gasteiger charge is 2.22. The molecule has 0 aliphatic carbocycles. The van der Waals surface area contributed by atoms with Crippen LogP contribution in [0.25, 0.3) is 55.1 Å². The Bertz CT molecular complexity index is 1990. The Balaban J connectivity index is 1.56. The highest BCUT2D eigenvalue weighted by atomic mass is 16.5. The van der Waals surface area contributed by atoms with Gasteiger partial charge in [0.15, 0.2) is 0 Å². The summed E-state index contributed by atoms with van der Waals surface area (Å²) in [7, 11) is 1.63. The van der Waals surface area contributed by atoms with Crippen molar-refractivity contribution in [2.45, 2.75) is 27.2 Å². The normalized spacial score (nSPS) is 11.4. The number of rotatable bonds is 7. The van der Waals surface area contributed by atoms with Crippen molar-refractivity contribution in [3.8, 4) is 28.1 Å². The molecule has 6 aromatic rings. The van der Waals surface area contributed by atoms with Crippen molar-refractivity contribution in [1.82, 2.24) is 25.4 Å². The topological polar surface area (TPSA) is 143 Å². The Labute approximate surface area is 234 Å². The number of nitrogens with one attached hydrogen (secondary N) is 2. The maximum atomic E-state index is 13.0. The Morgan fingerprint density at radius 3 is 2.49 bits per heavy atom. The molecule has 10 nitrogen and oxygen atoms in total. The van der Waals surface area contributed by atoms with Crippen molar-refractivity contribution < 1.29 is 24.0 Å². The first kappa shape index (κ1) is 26.0. The van der Waals surface area contributed by atoms with Gasteiger partial charge < -0.3 is 24.7 Å². The van der Waals surface area contributed by atoms with E-state index in [1.54, 1.807) is 13.2 Å². The number of amides is 1. The first-order valence-electron chi connectivity index (χ1n) is 13.1. The number of aromatic amines is 1. The number of hydrogen-bond acceptors (Lipinski definition) is 7. The van der Waals surface area contributed by atoms with Crippen LogP contribution in [0.4, 0.5) is 0 Å². The largest absolute Gasteiger partial charge is 0.496 e. The zero-order valence-electron chi connectivity index (χ0n) is 23.0. The van der Waals surface area contributed by atoms with Gasteiger partial charge in [-0.1, -0.05) is 35.5 Å². The van der Waals surface area contributed by atoms with Crippen LogP contribution in [0.5, 0.6) is 5.75 Å². The molecular formula is C31H27N5O5. The number of carboxylic acid groups (broad SMARTS) is 1. The van der Waals surface area contributed by atoms with E-state index in [0.29, 0.717) is 28.5 Å². The number of aromatic nitrogens is 4. The minimum absolute atomic E-state index is 0.0447. The number of ether oxygens (including phenoxy) is 1. The van der Waals surface area contributed by atoms with E-state index in [4.69, 9.17) is 24.3 Å². The summed E-state index contributed by atoms with van der Waals surface area (Å²) in [6.45, 7) is 5.66. The van der Waals surface area contributed by atoms with Crippen molar-refractivity contribution in [2.75, 3.05) is 13.7 Å². The van der Waals surface area contributed by atoms with Gasteiger partial charge in [0, 0.05) is 34.1 Å². The third-order valence-electron chi connectivity index (χ3n) is 7.23. The Morgan fingerprint density at radius 1 is 1.00 bits per heavy atom. The van der Waals surface area contributed by atoms with Gasteiger partial charge in [-0.3, -0.25) is 9.59 Å². The zero-order chi connectivity index (χ0) is 28.8. The molecule has 3 aromatic carbocycles. The predicted molar refractivity (Wildman–Crippen MR) is 155 cm³/mol. The highest BCUT2D eigenvalue weighted by molar-refractivity contribution is 6.17. The van der Waals surface area contributed by atoms with E-state index in [9.17, 15) is 9.59 Å². The molecule has 0 aliphatic rings. The lowest BCUT2D eigenvalue weighted by Gasteiger charge is -2.13. The van der Waals surface area contributed by atoms with Crippen LogP contribution in [-0.4, -0.2) is 50.7 Å². The average Bonchev–Trinajstić information content (AvgIpc) is 3.48. The molecule has 0 atom stereocenters. The summed E-state index contributed by atoms with van der Waals surface area (Å²) >= 11 is 0. The fourth-order valence-corrected chi connectivity index (χ4v) is 5.44. The van der Waals surface area contributed by atoms with E-state index in [2.05, 4.69) is 15.5 Å². The standard InChI is InChI=1S/C31H27N5O5/c1-15-27(16(2)41-36-15)23-13-24-22(14-25(23)40-4)28-29(33-17(3)34-30(28)35-24)20-9-10-21(19-8-6-5-7-18(19)20)31(39)32-12-11-26(37)38/h5-10,13-14H,11-12H2,1-4H3,(H,32,39)(H,37,38)(H,33,34,35). The van der Waals surface area contributed by atoms with Crippen LogP contribution in [-0.2, 0) is 4.79 Å². The van der Waals surface area contributed by atoms with Crippen molar-refractivity contribution in [2.24, 2.45) is 0 Å². The molecule has 0 radical (unpaired) electrons. The van der Waals surface area contributed by atoms with Crippen molar-refractivity contribution >= 4 is 44.6 Å². The highest BCUT2D eigenvalue weighted by Crippen LogP contribution is 2.42. The Hall–Kier alpha value is -5.25. The number of carbonyl (C=O) groups excluding carboxylic acids is 1. The number of methoxy groups -OCH3 is 1. The molecule has 3 heterocycles. The summed E-state index contributed by atoms with van der Waals surface area (Å²) in [6, 6.07) is 15.2. The number of hydrogen-bond donors (Lipinski definition) is 3. The molecule has 1 amide bonds. The van der Waals surface area contributed by atoms with Gasteiger partial charge in [0.25, 0.3) is 5.91 Å². The predicted octanol–water partition coefficient (Wildman–Crippen LogP) is 5.72. The number of fused-ring (bicyclic) bond motifs is 4. The first-order valence-corrected chi connectivity index (χ1v) is 13.1. The molecule has 0 saturated heterocycles. The van der Waals surface area contributed by atoms with Crippen LogP contribution in [0, 0.1) is 20.8 Å². The van der Waals surface area contributed by atoms with Gasteiger partial charge >= 0.3 is 5.97 Å². The average molecular weight is 550 g/mol. The molecule has 6 rings (SSSR count). The maximum Gasteiger partial charge on any atom is 0.305 e. The van der Waals surface area contributed by atoms with E-state index in [1.807, 2.05) is 63.2 Å². The maximum absolute atomic E-state index is 13.0. The van der Waals surface area contributed by atoms with Gasteiger partial charge in [-0.25, -0.2) is 9.97 Å². The molecule has 0 bridgehead atoms. The molecule has 3 aromatic heterocycles. The number of carbonyl (C=O) groups is 2. The van der Waals surface area contributed by atoms with Gasteiger partial charge in [-0.15, -0.1) is 0 Å². The summed E-state index contributed by atoms with van der Waals surface area (Å²) in [4.78, 5) is 36.9. The lowest BCUT2D eigenvalue weighted by atomic mass is 9.95. The van der Waals surface area contributed by atoms with Gasteiger partial charge in [0.1, 0.15) is 23.0 Å². The smallest absolute Gasteiger partial charge is 0.305 e. The van der Waals surface area contributed by atoms with Crippen molar-refractivity contribution in [1.29, 1.82) is 0 Å². The molecule has 3 N–H and O–H groups in total. The number of carboxylic acids is 1. The molecule has 0 fully saturated rings. The Morgan fingerprint density at radius 2 is 1.78 bits per heavy atom. The van der Waals surface area contributed by atoms with Crippen LogP contribution in [0.3, 0.4) is 0 Å². The quantitative estimate of drug-likeness (QED) is 0.229. The number of aliphatic carboxylic acids is 1. The minimum Gasteiger partial charge on any atom is -0.496 e. The third kappa shape index (κ3) is 4.43. The molecule has 0 aliphatic heterocycles. The van der Waals surface area contributed by atoms with Crippen LogP contribution < -0.4 is 10.1 Å². The van der Waals surface area contributed by atoms with Crippen LogP contribution >= 0.6 is 0 Å². The van der Waals surface area contributed by atoms with Gasteiger partial charge in [0.2, 0.25) is 0 Å². The third-order valence-corrected chi connectivity index (χ3v) is 7.23. The molecule has 0 unspecified atom stereocenters. The summed E-state index contributed by atoms with van der Waals surface area (Å²) in [5.74, 6) is 0.657. The summed E-state index contributed by atoms with van der Waals surface area (Å²) < 4.78 is 11.2. The lowest BCUT2D eigenvalue weighted by molar-refractivity contribution is -0.136. The second-order valence-corrected chi connectivity index (χ2v) is 9.87. The van der Waals surface area contributed by atoms with Crippen LogP contribution in [0.15, 0.2) is 53.1 Å². The van der Waals surface area contributed by atoms with E-state index < -0.39 is 5.97 Å². The van der Waals surface area contributed by atoms with Crippen molar-refractivity contribution in [3.05, 3.63) is 71.4 Å². The molecule has 41 heavy (non-hydrogen) atoms. The number of benzene rings is 3. The first-order chi connectivity index (χ1) is 19.8. The summed E-state index contributed by atoms with van der Waals surface area (Å²) in [5, 5.41) is 19.0. The minimum atomic E-state index is -0.970. The monoisotopic (exact) mass is 549 g/mol. The van der Waals surface area contributed by atoms with Crippen LogP contribution in [0.1, 0.15) is 34.1 Å². The number of aryl methyl sites for hydroxylation is 3.